The van der Waals surface area contributed by atoms with Gasteiger partial charge in [-0.25, -0.2) is 0 Å². The van der Waals surface area contributed by atoms with E-state index in [0.717, 1.165) is 6.42 Å². The average Bonchev–Trinajstić information content (AvgIpc) is 4.02. The number of aromatic nitrogens is 2. The summed E-state index contributed by atoms with van der Waals surface area (Å²) in [5.74, 6) is 0. The van der Waals surface area contributed by atoms with Crippen molar-refractivity contribution in [2.75, 3.05) is 0 Å². The van der Waals surface area contributed by atoms with Gasteiger partial charge in [-0.05, 0) is 109 Å². The molecule has 2 nitrogen and oxygen atoms in total. The number of fused-ring (bicyclic) bond motifs is 13. The van der Waals surface area contributed by atoms with Crippen molar-refractivity contribution in [1.82, 2.24) is 9.13 Å². The standard InChI is InChI=1S/C55H36N2Si/c1-3-15-37(16-4-1)56-51-31-29-40(58(39-17-5-2-6-18-39)53-25-13-9-21-44(53)45-22-10-14-26-54(45)58)35-48(51)55-47-33-36-27-28-38(34-46(36)41(47)30-32-52(55)56)57-49-23-11-7-19-42(49)43-20-8-12-24-50(43)57/h1-32,34-35H,33H2. The Kier molecular flexibility index (Phi) is 6.56. The summed E-state index contributed by atoms with van der Waals surface area (Å²) in [5, 5.41) is 11.1. The van der Waals surface area contributed by atoms with Crippen LogP contribution in [0.5, 0.6) is 0 Å². The van der Waals surface area contributed by atoms with Crippen molar-refractivity contribution < 1.29 is 0 Å². The number of benzene rings is 9. The first-order valence-electron chi connectivity index (χ1n) is 20.3. The van der Waals surface area contributed by atoms with Gasteiger partial charge in [-0.2, -0.15) is 0 Å². The first-order chi connectivity index (χ1) is 28.8. The molecule has 2 aliphatic rings. The smallest absolute Gasteiger partial charge is 0.180 e. The van der Waals surface area contributed by atoms with Gasteiger partial charge in [0.15, 0.2) is 8.07 Å². The van der Waals surface area contributed by atoms with Gasteiger partial charge in [-0.15, -0.1) is 0 Å². The second-order valence-corrected chi connectivity index (χ2v) is 19.7. The van der Waals surface area contributed by atoms with Crippen molar-refractivity contribution in [2.24, 2.45) is 0 Å². The Balaban J connectivity index is 1.09. The van der Waals surface area contributed by atoms with E-state index in [2.05, 4.69) is 215 Å². The molecule has 0 fully saturated rings. The molecule has 0 bridgehead atoms. The Morgan fingerprint density at radius 2 is 0.914 bits per heavy atom. The summed E-state index contributed by atoms with van der Waals surface area (Å²) >= 11 is 0. The molecular weight excluding hydrogens is 717 g/mol. The zero-order valence-electron chi connectivity index (χ0n) is 31.7. The maximum Gasteiger partial charge on any atom is 0.180 e. The highest BCUT2D eigenvalue weighted by Crippen LogP contribution is 2.46. The van der Waals surface area contributed by atoms with Crippen LogP contribution in [0.4, 0.5) is 0 Å². The van der Waals surface area contributed by atoms with E-state index in [0.29, 0.717) is 0 Å². The highest BCUT2D eigenvalue weighted by atomic mass is 28.3. The van der Waals surface area contributed by atoms with Crippen molar-refractivity contribution in [3.8, 4) is 33.6 Å². The summed E-state index contributed by atoms with van der Waals surface area (Å²) in [5.41, 5.74) is 15.6. The molecule has 1 aliphatic heterocycles. The molecule has 0 saturated heterocycles. The van der Waals surface area contributed by atoms with Crippen LogP contribution in [-0.4, -0.2) is 17.2 Å². The van der Waals surface area contributed by atoms with Gasteiger partial charge >= 0.3 is 0 Å². The predicted molar refractivity (Wildman–Crippen MR) is 246 cm³/mol. The maximum atomic E-state index is 2.60. The summed E-state index contributed by atoms with van der Waals surface area (Å²) in [6.45, 7) is 0. The van der Waals surface area contributed by atoms with Crippen LogP contribution in [0.25, 0.3) is 77.2 Å². The summed E-state index contributed by atoms with van der Waals surface area (Å²) in [4.78, 5) is 0. The topological polar surface area (TPSA) is 9.86 Å². The van der Waals surface area contributed by atoms with Crippen molar-refractivity contribution >= 4 is 72.4 Å². The third-order valence-corrected chi connectivity index (χ3v) is 18.1. The van der Waals surface area contributed by atoms with Crippen molar-refractivity contribution in [3.05, 3.63) is 217 Å². The molecule has 3 heterocycles. The Morgan fingerprint density at radius 3 is 1.62 bits per heavy atom. The second kappa shape index (κ2) is 11.9. The molecule has 58 heavy (non-hydrogen) atoms. The third-order valence-electron chi connectivity index (χ3n) is 13.2. The molecule has 3 heteroatoms. The van der Waals surface area contributed by atoms with E-state index in [9.17, 15) is 0 Å². The zero-order chi connectivity index (χ0) is 38.0. The van der Waals surface area contributed by atoms with Gasteiger partial charge in [0.05, 0.1) is 22.1 Å². The van der Waals surface area contributed by atoms with Gasteiger partial charge < -0.3 is 9.13 Å². The summed E-state index contributed by atoms with van der Waals surface area (Å²) in [7, 11) is -2.69. The number of rotatable bonds is 4. The highest BCUT2D eigenvalue weighted by molar-refractivity contribution is 7.22. The molecule has 0 atom stereocenters. The SMILES string of the molecule is c1ccc(-n2c3ccc([Si]4(c5ccccc5)c5ccccc5-c5ccccc54)cc3c3c4c(ccc32)-c2cc(-n3c5ccccc5c5ccccc53)ccc2C4)cc1. The second-order valence-electron chi connectivity index (χ2n) is 16.0. The van der Waals surface area contributed by atoms with Crippen LogP contribution in [0.3, 0.4) is 0 Å². The Morgan fingerprint density at radius 1 is 0.345 bits per heavy atom. The van der Waals surface area contributed by atoms with Crippen LogP contribution in [0.15, 0.2) is 206 Å². The van der Waals surface area contributed by atoms with Gasteiger partial charge in [0, 0.05) is 32.9 Å². The Bertz CT molecular complexity index is 3380. The first-order valence-corrected chi connectivity index (χ1v) is 22.3. The molecular formula is C55H36N2Si. The molecule has 0 N–H and O–H groups in total. The van der Waals surface area contributed by atoms with Crippen LogP contribution in [0, 0.1) is 0 Å². The van der Waals surface area contributed by atoms with Crippen molar-refractivity contribution in [3.63, 3.8) is 0 Å². The lowest BCUT2D eigenvalue weighted by Crippen LogP contribution is -2.72. The molecule has 0 amide bonds. The molecule has 1 aliphatic carbocycles. The quantitative estimate of drug-likeness (QED) is 0.159. The molecule has 270 valence electrons. The molecule has 0 saturated carbocycles. The number of para-hydroxylation sites is 3. The normalized spacial score (nSPS) is 13.6. The molecule has 0 spiro atoms. The van der Waals surface area contributed by atoms with Crippen molar-refractivity contribution in [1.29, 1.82) is 0 Å². The number of hydrogen-bond acceptors (Lipinski definition) is 0. The van der Waals surface area contributed by atoms with Crippen LogP contribution in [0.1, 0.15) is 11.1 Å². The number of hydrogen-bond donors (Lipinski definition) is 0. The van der Waals surface area contributed by atoms with Crippen LogP contribution >= 0.6 is 0 Å². The summed E-state index contributed by atoms with van der Waals surface area (Å²) in [6.07, 6.45) is 0.903. The average molecular weight is 753 g/mol. The minimum absolute atomic E-state index is 0.903. The van der Waals surface area contributed by atoms with E-state index in [1.54, 1.807) is 0 Å². The first kappa shape index (κ1) is 31.9. The summed E-state index contributed by atoms with van der Waals surface area (Å²) in [6, 6.07) is 77.7. The van der Waals surface area contributed by atoms with E-state index in [1.807, 2.05) is 0 Å². The minimum atomic E-state index is -2.69. The fourth-order valence-electron chi connectivity index (χ4n) is 10.9. The van der Waals surface area contributed by atoms with E-state index in [-0.39, 0.29) is 0 Å². The Labute approximate surface area is 337 Å². The summed E-state index contributed by atoms with van der Waals surface area (Å²) < 4.78 is 4.94. The van der Waals surface area contributed by atoms with E-state index >= 15 is 0 Å². The molecule has 0 radical (unpaired) electrons. The zero-order valence-corrected chi connectivity index (χ0v) is 32.7. The molecule has 13 rings (SSSR count). The van der Waals surface area contributed by atoms with Gasteiger partial charge in [0.1, 0.15) is 0 Å². The maximum absolute atomic E-state index is 2.69. The fourth-order valence-corrected chi connectivity index (χ4v) is 16.1. The lowest BCUT2D eigenvalue weighted by Gasteiger charge is -2.31. The lowest BCUT2D eigenvalue weighted by atomic mass is 10.0. The van der Waals surface area contributed by atoms with Gasteiger partial charge in [0.2, 0.25) is 0 Å². The van der Waals surface area contributed by atoms with Crippen LogP contribution < -0.4 is 20.7 Å². The number of nitrogens with zero attached hydrogens (tertiary/aromatic N) is 2. The lowest BCUT2D eigenvalue weighted by molar-refractivity contribution is 1.17. The van der Waals surface area contributed by atoms with E-state index in [1.165, 1.54) is 109 Å². The largest absolute Gasteiger partial charge is 0.309 e. The highest BCUT2D eigenvalue weighted by Gasteiger charge is 2.48. The van der Waals surface area contributed by atoms with Crippen LogP contribution in [0.2, 0.25) is 0 Å². The monoisotopic (exact) mass is 752 g/mol. The van der Waals surface area contributed by atoms with Crippen molar-refractivity contribution in [2.45, 2.75) is 6.42 Å². The van der Waals surface area contributed by atoms with Gasteiger partial charge in [-0.3, -0.25) is 0 Å². The predicted octanol–water partition coefficient (Wildman–Crippen LogP) is 10.8. The fraction of sp³-hybridized carbons (Fsp3) is 0.0182. The molecule has 11 aromatic rings. The molecule has 2 aromatic heterocycles. The Hall–Kier alpha value is -7.20. The third kappa shape index (κ3) is 4.16. The minimum Gasteiger partial charge on any atom is -0.309 e. The van der Waals surface area contributed by atoms with E-state index in [4.69, 9.17) is 0 Å². The molecule has 0 unspecified atom stereocenters. The van der Waals surface area contributed by atoms with Crippen LogP contribution in [-0.2, 0) is 6.42 Å². The van der Waals surface area contributed by atoms with E-state index < -0.39 is 8.07 Å². The van der Waals surface area contributed by atoms with Gasteiger partial charge in [0.25, 0.3) is 0 Å². The molecule has 9 aromatic carbocycles. The van der Waals surface area contributed by atoms with Gasteiger partial charge in [-0.1, -0.05) is 158 Å².